The number of carbonyl (C=O) groups is 1. The summed E-state index contributed by atoms with van der Waals surface area (Å²) in [5.41, 5.74) is 8.45. The second kappa shape index (κ2) is 6.69. The molecule has 23 heavy (non-hydrogen) atoms. The summed E-state index contributed by atoms with van der Waals surface area (Å²) in [4.78, 5) is 14.8. The molecule has 0 spiro atoms. The normalized spacial score (nSPS) is 13.9. The van der Waals surface area contributed by atoms with Crippen LogP contribution in [0.1, 0.15) is 32.4 Å². The van der Waals surface area contributed by atoms with E-state index in [0.29, 0.717) is 5.56 Å². The third kappa shape index (κ3) is 4.22. The summed E-state index contributed by atoms with van der Waals surface area (Å²) in [7, 11) is 0. The van der Waals surface area contributed by atoms with Gasteiger partial charge in [0.15, 0.2) is 6.04 Å². The van der Waals surface area contributed by atoms with Crippen molar-refractivity contribution in [1.29, 1.82) is 0 Å². The van der Waals surface area contributed by atoms with Crippen LogP contribution in [-0.2, 0) is 9.53 Å². The van der Waals surface area contributed by atoms with Gasteiger partial charge in [-0.3, -0.25) is 4.79 Å². The van der Waals surface area contributed by atoms with Crippen LogP contribution >= 0.6 is 0 Å². The van der Waals surface area contributed by atoms with Gasteiger partial charge < -0.3 is 9.84 Å². The van der Waals surface area contributed by atoms with Crippen molar-refractivity contribution < 1.29 is 14.6 Å². The van der Waals surface area contributed by atoms with E-state index >= 15 is 0 Å². The minimum Gasteiger partial charge on any atom is -0.460 e. The molecule has 2 atom stereocenters. The van der Waals surface area contributed by atoms with Crippen molar-refractivity contribution in [3.8, 4) is 0 Å². The number of fused-ring (bicyclic) bond motifs is 1. The maximum absolute atomic E-state index is 12.2. The zero-order valence-electron chi connectivity index (χ0n) is 13.3. The van der Waals surface area contributed by atoms with Gasteiger partial charge in [-0.05, 0) is 48.7 Å². The zero-order chi connectivity index (χ0) is 17.0. The molecule has 0 heterocycles. The van der Waals surface area contributed by atoms with E-state index in [1.54, 1.807) is 32.9 Å². The molecule has 0 aliphatic carbocycles. The van der Waals surface area contributed by atoms with Crippen LogP contribution in [0.25, 0.3) is 21.2 Å². The smallest absolute Gasteiger partial charge is 0.318 e. The SMILES string of the molecule is CC(C)(C)OC(=O)[C@@H](N=[N+]=[N-])[C@@H](O)c1ccc2ccccc2c1. The number of hydrogen-bond donors (Lipinski definition) is 1. The summed E-state index contributed by atoms with van der Waals surface area (Å²) in [5, 5.41) is 15.8. The summed E-state index contributed by atoms with van der Waals surface area (Å²) in [6, 6.07) is 11.6. The average Bonchev–Trinajstić information content (AvgIpc) is 2.49. The minimum absolute atomic E-state index is 0.493. The van der Waals surface area contributed by atoms with Crippen molar-refractivity contribution in [3.05, 3.63) is 58.5 Å². The number of azide groups is 1. The monoisotopic (exact) mass is 313 g/mol. The number of rotatable bonds is 4. The van der Waals surface area contributed by atoms with Gasteiger partial charge in [-0.25, -0.2) is 0 Å². The highest BCUT2D eigenvalue weighted by atomic mass is 16.6. The summed E-state index contributed by atoms with van der Waals surface area (Å²) < 4.78 is 5.22. The molecule has 1 N–H and O–H groups in total. The van der Waals surface area contributed by atoms with Crippen molar-refractivity contribution >= 4 is 16.7 Å². The summed E-state index contributed by atoms with van der Waals surface area (Å²) in [5.74, 6) is -0.754. The van der Waals surface area contributed by atoms with Crippen LogP contribution in [-0.4, -0.2) is 22.7 Å². The molecule has 0 amide bonds. The first-order chi connectivity index (χ1) is 10.8. The molecule has 6 heteroatoms. The highest BCUT2D eigenvalue weighted by Crippen LogP contribution is 2.25. The quantitative estimate of drug-likeness (QED) is 0.401. The van der Waals surface area contributed by atoms with Gasteiger partial charge in [0, 0.05) is 4.91 Å². The Morgan fingerprint density at radius 1 is 1.22 bits per heavy atom. The van der Waals surface area contributed by atoms with Crippen molar-refractivity contribution in [2.45, 2.75) is 38.5 Å². The van der Waals surface area contributed by atoms with Crippen LogP contribution in [0, 0.1) is 0 Å². The predicted octanol–water partition coefficient (Wildman–Crippen LogP) is 3.89. The van der Waals surface area contributed by atoms with E-state index in [2.05, 4.69) is 10.0 Å². The number of aliphatic hydroxyl groups is 1. The fourth-order valence-corrected chi connectivity index (χ4v) is 2.23. The molecule has 0 fully saturated rings. The lowest BCUT2D eigenvalue weighted by Gasteiger charge is -2.24. The van der Waals surface area contributed by atoms with E-state index in [0.717, 1.165) is 10.8 Å². The van der Waals surface area contributed by atoms with Crippen molar-refractivity contribution in [1.82, 2.24) is 0 Å². The second-order valence-corrected chi connectivity index (χ2v) is 6.23. The van der Waals surface area contributed by atoms with Crippen LogP contribution in [0.4, 0.5) is 0 Å². The minimum atomic E-state index is -1.33. The molecule has 0 bridgehead atoms. The summed E-state index contributed by atoms with van der Waals surface area (Å²) in [6.45, 7) is 5.13. The van der Waals surface area contributed by atoms with Crippen molar-refractivity contribution in [2.24, 2.45) is 5.11 Å². The molecule has 0 aromatic heterocycles. The maximum atomic E-state index is 12.2. The molecule has 0 saturated carbocycles. The number of ether oxygens (including phenoxy) is 1. The first-order valence-electron chi connectivity index (χ1n) is 7.25. The Labute approximate surface area is 134 Å². The van der Waals surface area contributed by atoms with Gasteiger partial charge in [-0.2, -0.15) is 0 Å². The van der Waals surface area contributed by atoms with E-state index in [-0.39, 0.29) is 0 Å². The summed E-state index contributed by atoms with van der Waals surface area (Å²) >= 11 is 0. The Balaban J connectivity index is 2.33. The Hall–Kier alpha value is -2.56. The highest BCUT2D eigenvalue weighted by Gasteiger charge is 2.31. The van der Waals surface area contributed by atoms with Crippen LogP contribution < -0.4 is 0 Å². The molecule has 0 radical (unpaired) electrons. The molecule has 2 aromatic rings. The lowest BCUT2D eigenvalue weighted by atomic mass is 9.99. The molecule has 0 aliphatic rings. The number of benzene rings is 2. The van der Waals surface area contributed by atoms with E-state index in [1.165, 1.54) is 0 Å². The lowest BCUT2D eigenvalue weighted by molar-refractivity contribution is -0.159. The lowest BCUT2D eigenvalue weighted by Crippen LogP contribution is -2.34. The molecule has 0 saturated heterocycles. The largest absolute Gasteiger partial charge is 0.460 e. The Bertz CT molecular complexity index is 761. The molecule has 2 aromatic carbocycles. The Morgan fingerprint density at radius 3 is 2.48 bits per heavy atom. The van der Waals surface area contributed by atoms with Gasteiger partial charge in [0.05, 0.1) is 6.10 Å². The molecular formula is C17H19N3O3. The zero-order valence-corrected chi connectivity index (χ0v) is 13.3. The van der Waals surface area contributed by atoms with E-state index in [4.69, 9.17) is 10.3 Å². The molecular weight excluding hydrogens is 294 g/mol. The number of esters is 1. The fourth-order valence-electron chi connectivity index (χ4n) is 2.23. The standard InChI is InChI=1S/C17H19N3O3/c1-17(2,3)23-16(22)14(19-20-18)15(21)13-9-8-11-6-4-5-7-12(11)10-13/h4-10,14-15,21H,1-3H3/t14-,15-/m0/s1. The number of hydrogen-bond acceptors (Lipinski definition) is 4. The highest BCUT2D eigenvalue weighted by molar-refractivity contribution is 5.83. The van der Waals surface area contributed by atoms with Crippen LogP contribution in [0.2, 0.25) is 0 Å². The molecule has 0 aliphatic heterocycles. The first-order valence-corrected chi connectivity index (χ1v) is 7.25. The van der Waals surface area contributed by atoms with Gasteiger partial charge >= 0.3 is 5.97 Å². The van der Waals surface area contributed by atoms with Crippen molar-refractivity contribution in [3.63, 3.8) is 0 Å². The Kier molecular flexibility index (Phi) is 4.89. The number of aliphatic hydroxyl groups excluding tert-OH is 1. The fraction of sp³-hybridized carbons (Fsp3) is 0.353. The van der Waals surface area contributed by atoms with E-state index < -0.39 is 23.7 Å². The predicted molar refractivity (Wildman–Crippen MR) is 87.7 cm³/mol. The van der Waals surface area contributed by atoms with Gasteiger partial charge in [-0.1, -0.05) is 41.5 Å². The molecule has 2 rings (SSSR count). The van der Waals surface area contributed by atoms with E-state index in [1.807, 2.05) is 30.3 Å². The maximum Gasteiger partial charge on any atom is 0.318 e. The average molecular weight is 313 g/mol. The number of carbonyl (C=O) groups excluding carboxylic acids is 1. The van der Waals surface area contributed by atoms with E-state index in [9.17, 15) is 9.90 Å². The molecule has 6 nitrogen and oxygen atoms in total. The van der Waals surface area contributed by atoms with Crippen LogP contribution in [0.15, 0.2) is 47.6 Å². The number of nitrogens with zero attached hydrogens (tertiary/aromatic N) is 3. The second-order valence-electron chi connectivity index (χ2n) is 6.23. The third-order valence-corrected chi connectivity index (χ3v) is 3.24. The van der Waals surface area contributed by atoms with Gasteiger partial charge in [0.1, 0.15) is 5.60 Å². The third-order valence-electron chi connectivity index (χ3n) is 3.24. The van der Waals surface area contributed by atoms with Gasteiger partial charge in [0.2, 0.25) is 0 Å². The van der Waals surface area contributed by atoms with Crippen LogP contribution in [0.5, 0.6) is 0 Å². The van der Waals surface area contributed by atoms with Gasteiger partial charge in [-0.15, -0.1) is 0 Å². The molecule has 120 valence electrons. The Morgan fingerprint density at radius 2 is 1.87 bits per heavy atom. The summed E-state index contributed by atoms with van der Waals surface area (Å²) in [6.07, 6.45) is -1.27. The van der Waals surface area contributed by atoms with Crippen molar-refractivity contribution in [2.75, 3.05) is 0 Å². The van der Waals surface area contributed by atoms with Crippen LogP contribution in [0.3, 0.4) is 0 Å². The van der Waals surface area contributed by atoms with Gasteiger partial charge in [0.25, 0.3) is 0 Å². The topological polar surface area (TPSA) is 95.3 Å². The first kappa shape index (κ1) is 16.8. The molecule has 0 unspecified atom stereocenters.